The van der Waals surface area contributed by atoms with Crippen LogP contribution in [-0.2, 0) is 7.05 Å². The highest BCUT2D eigenvalue weighted by Gasteiger charge is 2.38. The Hall–Kier alpha value is -1.49. The van der Waals surface area contributed by atoms with Gasteiger partial charge < -0.3 is 20.5 Å². The first-order valence-corrected chi connectivity index (χ1v) is 7.46. The highest BCUT2D eigenvalue weighted by atomic mass is 16.1. The third-order valence-corrected chi connectivity index (χ3v) is 5.01. The van der Waals surface area contributed by atoms with E-state index in [1.165, 1.54) is 25.7 Å². The number of piperidine rings is 1. The first-order valence-electron chi connectivity index (χ1n) is 7.46. The molecule has 3 N–H and O–H groups in total. The minimum absolute atomic E-state index is 0.0181. The number of nitrogen functional groups attached to an aromatic ring is 1. The monoisotopic (exact) mass is 276 g/mol. The molecule has 3 rings (SSSR count). The van der Waals surface area contributed by atoms with Gasteiger partial charge >= 0.3 is 0 Å². The van der Waals surface area contributed by atoms with Gasteiger partial charge in [0.05, 0.1) is 5.69 Å². The lowest BCUT2D eigenvalue weighted by Gasteiger charge is -2.36. The van der Waals surface area contributed by atoms with Crippen molar-refractivity contribution in [2.45, 2.75) is 37.8 Å². The third kappa shape index (κ3) is 2.42. The van der Waals surface area contributed by atoms with Crippen LogP contribution in [0.4, 0.5) is 5.69 Å². The molecule has 0 saturated carbocycles. The van der Waals surface area contributed by atoms with E-state index in [9.17, 15) is 4.79 Å². The molecule has 1 aromatic rings. The van der Waals surface area contributed by atoms with Gasteiger partial charge in [0.2, 0.25) is 0 Å². The van der Waals surface area contributed by atoms with Crippen molar-refractivity contribution < 1.29 is 4.79 Å². The molecule has 3 heterocycles. The second-order valence-electron chi connectivity index (χ2n) is 6.37. The molecule has 0 aliphatic carbocycles. The summed E-state index contributed by atoms with van der Waals surface area (Å²) < 4.78 is 1.78. The maximum Gasteiger partial charge on any atom is 0.267 e. The zero-order chi connectivity index (χ0) is 14.3. The van der Waals surface area contributed by atoms with E-state index < -0.39 is 0 Å². The summed E-state index contributed by atoms with van der Waals surface area (Å²) in [6.07, 6.45) is 6.83. The van der Waals surface area contributed by atoms with E-state index in [-0.39, 0.29) is 5.91 Å². The summed E-state index contributed by atoms with van der Waals surface area (Å²) in [6.45, 7) is 0.782. The fraction of sp³-hybridized carbons (Fsp3) is 0.667. The number of amides is 1. The fourth-order valence-corrected chi connectivity index (χ4v) is 3.83. The van der Waals surface area contributed by atoms with Gasteiger partial charge in [0.25, 0.3) is 5.91 Å². The average molecular weight is 276 g/mol. The van der Waals surface area contributed by atoms with E-state index in [4.69, 9.17) is 5.73 Å². The maximum atomic E-state index is 12.2. The van der Waals surface area contributed by atoms with Crippen molar-refractivity contribution in [1.29, 1.82) is 0 Å². The molecule has 1 amide bonds. The number of carbonyl (C=O) groups excluding carboxylic acids is 1. The quantitative estimate of drug-likeness (QED) is 0.872. The number of carbonyl (C=O) groups is 1. The molecule has 0 spiro atoms. The van der Waals surface area contributed by atoms with Gasteiger partial charge in [0, 0.05) is 31.9 Å². The van der Waals surface area contributed by atoms with Crippen LogP contribution in [0.15, 0.2) is 12.3 Å². The Labute approximate surface area is 120 Å². The molecule has 2 fully saturated rings. The van der Waals surface area contributed by atoms with Gasteiger partial charge in [-0.3, -0.25) is 4.79 Å². The molecule has 5 nitrogen and oxygen atoms in total. The number of nitrogens with two attached hydrogens (primary N) is 1. The lowest BCUT2D eigenvalue weighted by atomic mass is 9.91. The van der Waals surface area contributed by atoms with Crippen molar-refractivity contribution in [3.63, 3.8) is 0 Å². The topological polar surface area (TPSA) is 63.3 Å². The molecule has 5 heteroatoms. The molecular formula is C15H24N4O. The van der Waals surface area contributed by atoms with Crippen molar-refractivity contribution in [1.82, 2.24) is 14.8 Å². The van der Waals surface area contributed by atoms with Crippen LogP contribution in [0, 0.1) is 5.92 Å². The van der Waals surface area contributed by atoms with Gasteiger partial charge in [-0.1, -0.05) is 0 Å². The zero-order valence-electron chi connectivity index (χ0n) is 12.3. The Morgan fingerprint density at radius 1 is 1.35 bits per heavy atom. The number of nitrogens with one attached hydrogen (secondary N) is 1. The average Bonchev–Trinajstić information content (AvgIpc) is 2.83. The Bertz CT molecular complexity index is 496. The van der Waals surface area contributed by atoms with Crippen molar-refractivity contribution in [3.05, 3.63) is 18.0 Å². The van der Waals surface area contributed by atoms with Crippen molar-refractivity contribution in [2.75, 3.05) is 19.3 Å². The first kappa shape index (κ1) is 13.5. The molecule has 0 radical (unpaired) electrons. The molecule has 20 heavy (non-hydrogen) atoms. The number of nitrogens with zero attached hydrogens (tertiary/aromatic N) is 2. The van der Waals surface area contributed by atoms with Crippen LogP contribution in [0.2, 0.25) is 0 Å². The van der Waals surface area contributed by atoms with Crippen LogP contribution in [0.5, 0.6) is 0 Å². The minimum Gasteiger partial charge on any atom is -0.397 e. The Kier molecular flexibility index (Phi) is 3.46. The highest BCUT2D eigenvalue weighted by molar-refractivity contribution is 5.93. The van der Waals surface area contributed by atoms with Crippen LogP contribution in [0.3, 0.4) is 0 Å². The van der Waals surface area contributed by atoms with Gasteiger partial charge in [-0.25, -0.2) is 0 Å². The van der Waals surface area contributed by atoms with Crippen LogP contribution >= 0.6 is 0 Å². The zero-order valence-corrected chi connectivity index (χ0v) is 12.3. The molecule has 2 saturated heterocycles. The van der Waals surface area contributed by atoms with Crippen LogP contribution < -0.4 is 11.1 Å². The number of aryl methyl sites for hydroxylation is 1. The molecular weight excluding hydrogens is 252 g/mol. The van der Waals surface area contributed by atoms with E-state index in [1.807, 2.05) is 7.05 Å². The summed E-state index contributed by atoms with van der Waals surface area (Å²) in [7, 11) is 4.09. The van der Waals surface area contributed by atoms with Crippen LogP contribution in [0.25, 0.3) is 0 Å². The third-order valence-electron chi connectivity index (χ3n) is 5.01. The lowest BCUT2D eigenvalue weighted by Crippen LogP contribution is -2.43. The summed E-state index contributed by atoms with van der Waals surface area (Å²) in [5.74, 6) is 0.598. The van der Waals surface area contributed by atoms with Crippen molar-refractivity contribution in [3.8, 4) is 0 Å². The second kappa shape index (κ2) is 5.13. The molecule has 2 aliphatic heterocycles. The normalized spacial score (nSPS) is 29.6. The first-order chi connectivity index (χ1) is 9.54. The van der Waals surface area contributed by atoms with Gasteiger partial charge in [-0.05, 0) is 44.7 Å². The lowest BCUT2D eigenvalue weighted by molar-refractivity contribution is 0.0910. The number of rotatable bonds is 3. The smallest absolute Gasteiger partial charge is 0.267 e. The molecule has 2 bridgehead atoms. The molecule has 2 unspecified atom stereocenters. The van der Waals surface area contributed by atoms with Gasteiger partial charge in [0.1, 0.15) is 5.69 Å². The summed E-state index contributed by atoms with van der Waals surface area (Å²) in [5.41, 5.74) is 6.98. The number of aromatic nitrogens is 1. The Morgan fingerprint density at radius 3 is 2.55 bits per heavy atom. The summed E-state index contributed by atoms with van der Waals surface area (Å²) in [6, 6.07) is 3.18. The Balaban J connectivity index is 1.55. The molecule has 2 atom stereocenters. The SMILES string of the molecule is CN1C2CCC1CC(CNC(=O)c1cc(N)cn1C)C2. The highest BCUT2D eigenvalue weighted by Crippen LogP contribution is 2.37. The minimum atomic E-state index is -0.0181. The van der Waals surface area contributed by atoms with Crippen LogP contribution in [0.1, 0.15) is 36.2 Å². The van der Waals surface area contributed by atoms with Gasteiger partial charge in [-0.2, -0.15) is 0 Å². The maximum absolute atomic E-state index is 12.2. The summed E-state index contributed by atoms with van der Waals surface area (Å²) in [4.78, 5) is 14.7. The summed E-state index contributed by atoms with van der Waals surface area (Å²) >= 11 is 0. The fourth-order valence-electron chi connectivity index (χ4n) is 3.83. The van der Waals surface area contributed by atoms with E-state index in [2.05, 4.69) is 17.3 Å². The van der Waals surface area contributed by atoms with Crippen LogP contribution in [-0.4, -0.2) is 41.1 Å². The van der Waals surface area contributed by atoms with Gasteiger partial charge in [-0.15, -0.1) is 0 Å². The standard InChI is InChI=1S/C15H24N4O/c1-18-9-11(16)7-14(18)15(20)17-8-10-5-12-3-4-13(6-10)19(12)2/h7,9-10,12-13H,3-6,8,16H2,1-2H3,(H,17,20). The van der Waals surface area contributed by atoms with Crippen molar-refractivity contribution in [2.24, 2.45) is 13.0 Å². The number of hydrogen-bond donors (Lipinski definition) is 2. The largest absolute Gasteiger partial charge is 0.397 e. The second-order valence-corrected chi connectivity index (χ2v) is 6.37. The number of anilines is 1. The molecule has 1 aromatic heterocycles. The van der Waals surface area contributed by atoms with Gasteiger partial charge in [0.15, 0.2) is 0 Å². The summed E-state index contributed by atoms with van der Waals surface area (Å²) in [5, 5.41) is 3.07. The number of fused-ring (bicyclic) bond motifs is 2. The Morgan fingerprint density at radius 2 is 2.00 bits per heavy atom. The molecule has 110 valence electrons. The van der Waals surface area contributed by atoms with E-state index in [0.29, 0.717) is 17.3 Å². The molecule has 2 aliphatic rings. The van der Waals surface area contributed by atoms with E-state index in [0.717, 1.165) is 18.6 Å². The van der Waals surface area contributed by atoms with Crippen molar-refractivity contribution >= 4 is 11.6 Å². The van der Waals surface area contributed by atoms with E-state index in [1.54, 1.807) is 16.8 Å². The molecule has 0 aromatic carbocycles. The predicted molar refractivity (Wildman–Crippen MR) is 79.5 cm³/mol. The van der Waals surface area contributed by atoms with E-state index >= 15 is 0 Å². The number of hydrogen-bond acceptors (Lipinski definition) is 3. The predicted octanol–water partition coefficient (Wildman–Crippen LogP) is 1.21.